The molecule has 110 valence electrons. The molecular weight excluding hydrogens is 281 g/mol. The number of methoxy groups -OCH3 is 1. The topological polar surface area (TPSA) is 58.9 Å². The molecule has 21 heavy (non-hydrogen) atoms. The molecule has 2 aromatic carbocycles. The largest absolute Gasteiger partial charge is 0.496 e. The average molecular weight is 294 g/mol. The molecule has 0 atom stereocenters. The van der Waals surface area contributed by atoms with Gasteiger partial charge in [0.1, 0.15) is 18.2 Å². The molecule has 0 spiro atoms. The fourth-order valence-corrected chi connectivity index (χ4v) is 1.82. The fourth-order valence-electron chi connectivity index (χ4n) is 1.82. The number of rotatable bonds is 5. The molecular formula is C14H13BF2O4. The van der Waals surface area contributed by atoms with Gasteiger partial charge in [-0.3, -0.25) is 0 Å². The van der Waals surface area contributed by atoms with Crippen LogP contribution < -0.4 is 14.9 Å². The third-order valence-electron chi connectivity index (χ3n) is 2.88. The first-order valence-electron chi connectivity index (χ1n) is 6.12. The predicted molar refractivity (Wildman–Crippen MR) is 73.5 cm³/mol. The number of halogens is 2. The molecule has 0 heterocycles. The lowest BCUT2D eigenvalue weighted by Crippen LogP contribution is -2.30. The summed E-state index contributed by atoms with van der Waals surface area (Å²) in [5, 5.41) is 18.3. The van der Waals surface area contributed by atoms with Gasteiger partial charge in [0.15, 0.2) is 11.6 Å². The van der Waals surface area contributed by atoms with E-state index in [0.717, 1.165) is 18.2 Å². The van der Waals surface area contributed by atoms with Crippen molar-refractivity contribution < 1.29 is 28.3 Å². The molecule has 0 bridgehead atoms. The third kappa shape index (κ3) is 3.71. The molecule has 0 amide bonds. The molecule has 0 aliphatic rings. The van der Waals surface area contributed by atoms with Crippen LogP contribution in [-0.2, 0) is 6.61 Å². The Morgan fingerprint density at radius 3 is 2.48 bits per heavy atom. The molecule has 0 aliphatic carbocycles. The van der Waals surface area contributed by atoms with E-state index in [1.165, 1.54) is 25.3 Å². The van der Waals surface area contributed by atoms with Crippen molar-refractivity contribution in [2.75, 3.05) is 7.11 Å². The Morgan fingerprint density at radius 2 is 1.81 bits per heavy atom. The molecule has 4 nitrogen and oxygen atoms in total. The summed E-state index contributed by atoms with van der Waals surface area (Å²) in [6.07, 6.45) is 0. The van der Waals surface area contributed by atoms with Crippen molar-refractivity contribution in [1.29, 1.82) is 0 Å². The van der Waals surface area contributed by atoms with Crippen LogP contribution in [0.2, 0.25) is 0 Å². The van der Waals surface area contributed by atoms with Crippen molar-refractivity contribution in [3.05, 3.63) is 53.6 Å². The van der Waals surface area contributed by atoms with E-state index in [-0.39, 0.29) is 17.8 Å². The molecule has 0 radical (unpaired) electrons. The third-order valence-corrected chi connectivity index (χ3v) is 2.88. The van der Waals surface area contributed by atoms with Crippen molar-refractivity contribution in [3.8, 4) is 11.5 Å². The summed E-state index contributed by atoms with van der Waals surface area (Å²) in [6, 6.07) is 7.37. The summed E-state index contributed by atoms with van der Waals surface area (Å²) in [5.74, 6) is -1.09. The van der Waals surface area contributed by atoms with Crippen LogP contribution in [0.25, 0.3) is 0 Å². The lowest BCUT2D eigenvalue weighted by Gasteiger charge is -2.12. The maximum absolute atomic E-state index is 13.5. The molecule has 2 rings (SSSR count). The van der Waals surface area contributed by atoms with Crippen LogP contribution in [0.4, 0.5) is 8.78 Å². The summed E-state index contributed by atoms with van der Waals surface area (Å²) in [4.78, 5) is 0. The molecule has 0 fully saturated rings. The van der Waals surface area contributed by atoms with E-state index in [1.54, 1.807) is 0 Å². The highest BCUT2D eigenvalue weighted by atomic mass is 19.1. The van der Waals surface area contributed by atoms with Gasteiger partial charge in [-0.2, -0.15) is 0 Å². The van der Waals surface area contributed by atoms with Gasteiger partial charge >= 0.3 is 7.12 Å². The molecule has 7 heteroatoms. The summed E-state index contributed by atoms with van der Waals surface area (Å²) in [7, 11) is -0.197. The zero-order valence-electron chi connectivity index (χ0n) is 11.2. The predicted octanol–water partition coefficient (Wildman–Crippen LogP) is 1.23. The van der Waals surface area contributed by atoms with Crippen molar-refractivity contribution in [1.82, 2.24) is 0 Å². The number of ether oxygens (including phenoxy) is 2. The zero-order valence-corrected chi connectivity index (χ0v) is 11.2. The summed E-state index contributed by atoms with van der Waals surface area (Å²) in [5.41, 5.74) is 0.723. The second kappa shape index (κ2) is 6.56. The molecule has 0 unspecified atom stereocenters. The average Bonchev–Trinajstić information content (AvgIpc) is 2.47. The van der Waals surface area contributed by atoms with Crippen LogP contribution in [0.15, 0.2) is 36.4 Å². The monoisotopic (exact) mass is 294 g/mol. The van der Waals surface area contributed by atoms with Gasteiger partial charge in [-0.25, -0.2) is 8.78 Å². The highest BCUT2D eigenvalue weighted by Crippen LogP contribution is 2.22. The Hall–Kier alpha value is -2.12. The van der Waals surface area contributed by atoms with E-state index >= 15 is 0 Å². The van der Waals surface area contributed by atoms with Crippen LogP contribution in [0.5, 0.6) is 11.5 Å². The summed E-state index contributed by atoms with van der Waals surface area (Å²) < 4.78 is 36.8. The van der Waals surface area contributed by atoms with Gasteiger partial charge in [0, 0.05) is 11.6 Å². The van der Waals surface area contributed by atoms with E-state index in [2.05, 4.69) is 0 Å². The Kier molecular flexibility index (Phi) is 4.77. The standard InChI is InChI=1S/C14H13BF2O4/c1-20-13-5-2-10(15(18)19)6-9(13)8-21-14-7-11(16)3-4-12(14)17/h2-7,18-19H,8H2,1H3. The van der Waals surface area contributed by atoms with Crippen molar-refractivity contribution in [3.63, 3.8) is 0 Å². The highest BCUT2D eigenvalue weighted by Gasteiger charge is 2.15. The quantitative estimate of drug-likeness (QED) is 0.814. The first-order chi connectivity index (χ1) is 10.0. The number of hydrogen-bond acceptors (Lipinski definition) is 4. The molecule has 0 aromatic heterocycles. The number of benzene rings is 2. The van der Waals surface area contributed by atoms with Crippen LogP contribution >= 0.6 is 0 Å². The second-order valence-electron chi connectivity index (χ2n) is 4.31. The zero-order chi connectivity index (χ0) is 15.4. The fraction of sp³-hybridized carbons (Fsp3) is 0.143. The Labute approximate surface area is 120 Å². The minimum atomic E-state index is -1.64. The van der Waals surface area contributed by atoms with Gasteiger partial charge < -0.3 is 19.5 Å². The van der Waals surface area contributed by atoms with Crippen LogP contribution in [0.3, 0.4) is 0 Å². The first kappa shape index (κ1) is 15.3. The Balaban J connectivity index is 2.22. The van der Waals surface area contributed by atoms with E-state index in [0.29, 0.717) is 11.3 Å². The SMILES string of the molecule is COc1ccc(B(O)O)cc1COc1cc(F)ccc1F. The van der Waals surface area contributed by atoms with E-state index < -0.39 is 18.8 Å². The number of hydrogen-bond donors (Lipinski definition) is 2. The van der Waals surface area contributed by atoms with E-state index in [4.69, 9.17) is 19.5 Å². The van der Waals surface area contributed by atoms with Crippen LogP contribution in [0, 0.1) is 11.6 Å². The normalized spacial score (nSPS) is 10.3. The summed E-state index contributed by atoms with van der Waals surface area (Å²) >= 11 is 0. The maximum atomic E-state index is 13.5. The van der Waals surface area contributed by atoms with Gasteiger partial charge in [0.25, 0.3) is 0 Å². The molecule has 0 aliphatic heterocycles. The van der Waals surface area contributed by atoms with Crippen molar-refractivity contribution in [2.24, 2.45) is 0 Å². The van der Waals surface area contributed by atoms with E-state index in [9.17, 15) is 8.78 Å². The Morgan fingerprint density at radius 1 is 1.05 bits per heavy atom. The lowest BCUT2D eigenvalue weighted by atomic mass is 9.79. The van der Waals surface area contributed by atoms with Crippen LogP contribution in [-0.4, -0.2) is 24.3 Å². The molecule has 0 saturated carbocycles. The minimum absolute atomic E-state index is 0.107. The first-order valence-corrected chi connectivity index (χ1v) is 6.12. The Bertz CT molecular complexity index is 634. The second-order valence-corrected chi connectivity index (χ2v) is 4.31. The highest BCUT2D eigenvalue weighted by molar-refractivity contribution is 6.58. The molecule has 2 N–H and O–H groups in total. The van der Waals surface area contributed by atoms with Crippen molar-refractivity contribution in [2.45, 2.75) is 6.61 Å². The molecule has 0 saturated heterocycles. The molecule has 2 aromatic rings. The van der Waals surface area contributed by atoms with Crippen LogP contribution in [0.1, 0.15) is 5.56 Å². The smallest absolute Gasteiger partial charge is 0.488 e. The van der Waals surface area contributed by atoms with Gasteiger partial charge in [0.05, 0.1) is 7.11 Å². The lowest BCUT2D eigenvalue weighted by molar-refractivity contribution is 0.281. The minimum Gasteiger partial charge on any atom is -0.496 e. The maximum Gasteiger partial charge on any atom is 0.488 e. The van der Waals surface area contributed by atoms with Gasteiger partial charge in [0.2, 0.25) is 0 Å². The van der Waals surface area contributed by atoms with E-state index in [1.807, 2.05) is 0 Å². The van der Waals surface area contributed by atoms with Gasteiger partial charge in [-0.05, 0) is 23.7 Å². The van der Waals surface area contributed by atoms with Gasteiger partial charge in [-0.1, -0.05) is 12.1 Å². The van der Waals surface area contributed by atoms with Crippen molar-refractivity contribution >= 4 is 12.6 Å². The summed E-state index contributed by atoms with van der Waals surface area (Å²) in [6.45, 7) is -0.107. The van der Waals surface area contributed by atoms with Gasteiger partial charge in [-0.15, -0.1) is 0 Å².